The molecule has 1 unspecified atom stereocenters. The second kappa shape index (κ2) is 9.62. The van der Waals surface area contributed by atoms with Crippen LogP contribution in [0.5, 0.6) is 0 Å². The molecule has 3 aromatic rings. The zero-order valence-corrected chi connectivity index (χ0v) is 19.9. The molecule has 0 fully saturated rings. The van der Waals surface area contributed by atoms with Crippen LogP contribution in [0.3, 0.4) is 0 Å². The highest BCUT2D eigenvalue weighted by Crippen LogP contribution is 2.44. The Morgan fingerprint density at radius 1 is 0.971 bits per heavy atom. The van der Waals surface area contributed by atoms with Gasteiger partial charge in [0.15, 0.2) is 0 Å². The van der Waals surface area contributed by atoms with Crippen LogP contribution in [0.2, 0.25) is 0 Å². The summed E-state index contributed by atoms with van der Waals surface area (Å²) in [5, 5.41) is 14.7. The molecule has 7 heteroatoms. The lowest BCUT2D eigenvalue weighted by Crippen LogP contribution is -2.51. The van der Waals surface area contributed by atoms with Crippen LogP contribution in [-0.4, -0.2) is 35.2 Å². The number of aliphatic carboxylic acids is 1. The minimum atomic E-state index is -1.39. The van der Waals surface area contributed by atoms with Crippen molar-refractivity contribution < 1.29 is 24.2 Å². The summed E-state index contributed by atoms with van der Waals surface area (Å²) in [5.74, 6) is -1.71. The summed E-state index contributed by atoms with van der Waals surface area (Å²) in [7, 11) is 0. The van der Waals surface area contributed by atoms with Gasteiger partial charge in [0.2, 0.25) is 0 Å². The third kappa shape index (κ3) is 4.75. The maximum absolute atomic E-state index is 12.7. The van der Waals surface area contributed by atoms with E-state index in [0.29, 0.717) is 5.69 Å². The van der Waals surface area contributed by atoms with Crippen molar-refractivity contribution in [2.45, 2.75) is 38.6 Å². The molecular formula is C28H28N2O5. The lowest BCUT2D eigenvalue weighted by Gasteiger charge is -2.24. The number of carbonyl (C=O) groups excluding carboxylic acids is 2. The number of hydrogen-bond donors (Lipinski definition) is 3. The zero-order valence-electron chi connectivity index (χ0n) is 19.9. The number of amides is 2. The van der Waals surface area contributed by atoms with Gasteiger partial charge in [-0.3, -0.25) is 10.1 Å². The first-order chi connectivity index (χ1) is 16.7. The molecule has 0 radical (unpaired) electrons. The number of anilines is 1. The van der Waals surface area contributed by atoms with Crippen LogP contribution >= 0.6 is 0 Å². The van der Waals surface area contributed by atoms with Gasteiger partial charge < -0.3 is 15.2 Å². The van der Waals surface area contributed by atoms with E-state index in [1.54, 1.807) is 26.0 Å². The molecule has 0 aliphatic heterocycles. The maximum atomic E-state index is 12.7. The van der Waals surface area contributed by atoms with Crippen LogP contribution in [0, 0.1) is 6.92 Å². The zero-order chi connectivity index (χ0) is 25.2. The Morgan fingerprint density at radius 2 is 1.57 bits per heavy atom. The lowest BCUT2D eigenvalue weighted by molar-refractivity contribution is -0.143. The highest BCUT2D eigenvalue weighted by molar-refractivity contribution is 5.99. The summed E-state index contributed by atoms with van der Waals surface area (Å²) in [6.45, 7) is 5.12. The van der Waals surface area contributed by atoms with Crippen LogP contribution in [-0.2, 0) is 9.53 Å². The van der Waals surface area contributed by atoms with Gasteiger partial charge in [-0.25, -0.2) is 9.59 Å². The van der Waals surface area contributed by atoms with E-state index in [1.807, 2.05) is 24.3 Å². The van der Waals surface area contributed by atoms with Crippen LogP contribution in [0.1, 0.15) is 53.2 Å². The number of hydrogen-bond acceptors (Lipinski definition) is 4. The van der Waals surface area contributed by atoms with E-state index in [-0.39, 0.29) is 24.5 Å². The van der Waals surface area contributed by atoms with E-state index in [0.717, 1.165) is 27.8 Å². The van der Waals surface area contributed by atoms with Gasteiger partial charge in [-0.05, 0) is 60.2 Å². The molecular weight excluding hydrogens is 444 g/mol. The Bertz CT molecular complexity index is 1260. The molecule has 0 aromatic heterocycles. The minimum absolute atomic E-state index is 0.0610. The van der Waals surface area contributed by atoms with Crippen molar-refractivity contribution in [1.82, 2.24) is 5.32 Å². The van der Waals surface area contributed by atoms with Gasteiger partial charge in [-0.2, -0.15) is 0 Å². The molecule has 3 aromatic carbocycles. The average molecular weight is 473 g/mol. The summed E-state index contributed by atoms with van der Waals surface area (Å²) < 4.78 is 5.60. The van der Waals surface area contributed by atoms with Crippen LogP contribution in [0.4, 0.5) is 10.5 Å². The SMILES string of the molecule is CCC(C)(NC(=O)c1ccc(C)c(NC(=O)OCC2c3ccccc3-c3ccccc32)c1)C(=O)O. The van der Waals surface area contributed by atoms with Gasteiger partial charge >= 0.3 is 12.1 Å². The number of carbonyl (C=O) groups is 3. The molecule has 0 spiro atoms. The van der Waals surface area contributed by atoms with Gasteiger partial charge in [0.05, 0.1) is 0 Å². The van der Waals surface area contributed by atoms with E-state index >= 15 is 0 Å². The number of fused-ring (bicyclic) bond motifs is 3. The standard InChI is InChI=1S/C28H28N2O5/c1-4-28(3,26(32)33)30-25(31)18-14-13-17(2)24(15-18)29-27(34)35-16-23-21-11-7-5-9-19(21)20-10-6-8-12-22(20)23/h5-15,23H,4,16H2,1-3H3,(H,29,34)(H,30,31)(H,32,33). The Morgan fingerprint density at radius 3 is 2.14 bits per heavy atom. The Balaban J connectivity index is 1.46. The van der Waals surface area contributed by atoms with Gasteiger partial charge in [-0.1, -0.05) is 61.5 Å². The van der Waals surface area contributed by atoms with E-state index in [9.17, 15) is 19.5 Å². The monoisotopic (exact) mass is 472 g/mol. The van der Waals surface area contributed by atoms with Gasteiger partial charge in [0.1, 0.15) is 12.1 Å². The summed E-state index contributed by atoms with van der Waals surface area (Å²) in [6.07, 6.45) is -0.401. The second-order valence-electron chi connectivity index (χ2n) is 8.93. The molecule has 0 heterocycles. The Hall–Kier alpha value is -4.13. The Kier molecular flexibility index (Phi) is 6.60. The number of ether oxygens (including phenoxy) is 1. The largest absolute Gasteiger partial charge is 0.480 e. The number of aryl methyl sites for hydroxylation is 1. The number of carboxylic acids is 1. The number of rotatable bonds is 7. The topological polar surface area (TPSA) is 105 Å². The van der Waals surface area contributed by atoms with Crippen molar-refractivity contribution in [3.63, 3.8) is 0 Å². The number of benzene rings is 3. The number of carboxylic acid groups (broad SMARTS) is 1. The smallest absolute Gasteiger partial charge is 0.411 e. The highest BCUT2D eigenvalue weighted by atomic mass is 16.5. The molecule has 2 amide bonds. The molecule has 35 heavy (non-hydrogen) atoms. The molecule has 3 N–H and O–H groups in total. The first-order valence-corrected chi connectivity index (χ1v) is 11.5. The molecule has 7 nitrogen and oxygen atoms in total. The van der Waals surface area contributed by atoms with Crippen molar-refractivity contribution in [2.24, 2.45) is 0 Å². The van der Waals surface area contributed by atoms with E-state index in [2.05, 4.69) is 34.9 Å². The fraction of sp³-hybridized carbons (Fsp3) is 0.250. The molecule has 1 aliphatic carbocycles. The predicted molar refractivity (Wildman–Crippen MR) is 134 cm³/mol. The molecule has 0 saturated heterocycles. The summed E-state index contributed by atoms with van der Waals surface area (Å²) >= 11 is 0. The average Bonchev–Trinajstić information content (AvgIpc) is 3.17. The molecule has 180 valence electrons. The molecule has 1 aliphatic rings. The van der Waals surface area contributed by atoms with Gasteiger partial charge in [0, 0.05) is 17.2 Å². The third-order valence-electron chi connectivity index (χ3n) is 6.65. The second-order valence-corrected chi connectivity index (χ2v) is 8.93. The van der Waals surface area contributed by atoms with E-state index in [4.69, 9.17) is 4.74 Å². The fourth-order valence-corrected chi connectivity index (χ4v) is 4.26. The highest BCUT2D eigenvalue weighted by Gasteiger charge is 2.33. The van der Waals surface area contributed by atoms with Crippen molar-refractivity contribution in [1.29, 1.82) is 0 Å². The normalized spacial score (nSPS) is 13.8. The van der Waals surface area contributed by atoms with E-state index < -0.39 is 23.5 Å². The van der Waals surface area contributed by atoms with Crippen LogP contribution < -0.4 is 10.6 Å². The van der Waals surface area contributed by atoms with Crippen molar-refractivity contribution >= 4 is 23.7 Å². The summed E-state index contributed by atoms with van der Waals surface area (Å²) in [6, 6.07) is 21.0. The first kappa shape index (κ1) is 24.0. The fourth-order valence-electron chi connectivity index (χ4n) is 4.26. The van der Waals surface area contributed by atoms with Crippen molar-refractivity contribution in [3.05, 3.63) is 89.0 Å². The predicted octanol–water partition coefficient (Wildman–Crippen LogP) is 5.34. The molecule has 1 atom stereocenters. The first-order valence-electron chi connectivity index (χ1n) is 11.5. The minimum Gasteiger partial charge on any atom is -0.480 e. The quantitative estimate of drug-likeness (QED) is 0.431. The van der Waals surface area contributed by atoms with Crippen LogP contribution in [0.25, 0.3) is 11.1 Å². The van der Waals surface area contributed by atoms with Crippen molar-refractivity contribution in [3.8, 4) is 11.1 Å². The lowest BCUT2D eigenvalue weighted by atomic mass is 9.98. The third-order valence-corrected chi connectivity index (χ3v) is 6.65. The molecule has 0 bridgehead atoms. The summed E-state index contributed by atoms with van der Waals surface area (Å²) in [4.78, 5) is 36.9. The van der Waals surface area contributed by atoms with Gasteiger partial charge in [0.25, 0.3) is 5.91 Å². The van der Waals surface area contributed by atoms with Gasteiger partial charge in [-0.15, -0.1) is 0 Å². The number of nitrogens with one attached hydrogen (secondary N) is 2. The van der Waals surface area contributed by atoms with Crippen LogP contribution in [0.15, 0.2) is 66.7 Å². The Labute approximate surface area is 204 Å². The molecule has 4 rings (SSSR count). The summed E-state index contributed by atoms with van der Waals surface area (Å²) in [5.41, 5.74) is 4.55. The molecule has 0 saturated carbocycles. The maximum Gasteiger partial charge on any atom is 0.411 e. The van der Waals surface area contributed by atoms with E-state index in [1.165, 1.54) is 13.0 Å². The van der Waals surface area contributed by atoms with Crippen molar-refractivity contribution in [2.75, 3.05) is 11.9 Å².